The molecule has 2 heterocycles. The average molecular weight is 363 g/mol. The van der Waals surface area contributed by atoms with Gasteiger partial charge in [-0.25, -0.2) is 9.97 Å². The number of benzene rings is 1. The van der Waals surface area contributed by atoms with E-state index in [9.17, 15) is 0 Å². The van der Waals surface area contributed by atoms with E-state index in [2.05, 4.69) is 64.6 Å². The van der Waals surface area contributed by atoms with Crippen LogP contribution >= 0.6 is 11.3 Å². The second kappa shape index (κ2) is 8.11. The molecule has 1 aromatic carbocycles. The van der Waals surface area contributed by atoms with E-state index in [0.717, 1.165) is 33.4 Å². The van der Waals surface area contributed by atoms with Gasteiger partial charge in [0.1, 0.15) is 23.9 Å². The largest absolute Gasteiger partial charge is 0.366 e. The summed E-state index contributed by atoms with van der Waals surface area (Å²) in [5.74, 6) is 7.53. The molecule has 1 aliphatic carbocycles. The fraction of sp³-hybridized carbons (Fsp3) is 0.286. The van der Waals surface area contributed by atoms with Crippen LogP contribution in [0.5, 0.6) is 0 Å². The van der Waals surface area contributed by atoms with Gasteiger partial charge >= 0.3 is 0 Å². The summed E-state index contributed by atoms with van der Waals surface area (Å²) < 4.78 is 1.10. The Morgan fingerprint density at radius 3 is 2.65 bits per heavy atom. The first-order chi connectivity index (χ1) is 12.6. The number of aromatic nitrogens is 2. The lowest BCUT2D eigenvalue weighted by Crippen LogP contribution is -2.03. The zero-order chi connectivity index (χ0) is 18.5. The van der Waals surface area contributed by atoms with Crippen LogP contribution in [0.2, 0.25) is 0 Å². The van der Waals surface area contributed by atoms with Crippen LogP contribution in [0.4, 0.5) is 5.82 Å². The number of thiophene rings is 1. The molecule has 1 aliphatic rings. The van der Waals surface area contributed by atoms with Crippen molar-refractivity contribution in [2.24, 2.45) is 0 Å². The third-order valence-electron chi connectivity index (χ3n) is 4.00. The van der Waals surface area contributed by atoms with E-state index >= 15 is 0 Å². The Labute approximate surface area is 157 Å². The molecule has 0 amide bonds. The summed E-state index contributed by atoms with van der Waals surface area (Å²) in [7, 11) is 0. The summed E-state index contributed by atoms with van der Waals surface area (Å²) >= 11 is 1.66. The van der Waals surface area contributed by atoms with Gasteiger partial charge in [-0.15, -0.1) is 11.3 Å². The van der Waals surface area contributed by atoms with Crippen molar-refractivity contribution in [1.29, 1.82) is 0 Å². The Balaban J connectivity index is 0.000000613. The number of hydrogen-bond acceptors (Lipinski definition) is 5. The molecule has 0 saturated heterocycles. The number of fused-ring (bicyclic) bond motifs is 1. The van der Waals surface area contributed by atoms with Gasteiger partial charge in [-0.2, -0.15) is 0 Å². The highest BCUT2D eigenvalue weighted by molar-refractivity contribution is 7.18. The maximum Gasteiger partial charge on any atom is 0.147 e. The number of rotatable bonds is 2. The molecule has 0 atom stereocenters. The number of aryl methyl sites for hydroxylation is 2. The summed E-state index contributed by atoms with van der Waals surface area (Å²) in [5.41, 5.74) is 5.44. The lowest BCUT2D eigenvalue weighted by molar-refractivity contribution is -0.106. The smallest absolute Gasteiger partial charge is 0.147 e. The quantitative estimate of drug-likeness (QED) is 0.538. The number of anilines is 1. The number of hydrogen-bond donors (Lipinski definition) is 1. The van der Waals surface area contributed by atoms with E-state index in [4.69, 9.17) is 4.79 Å². The Morgan fingerprint density at radius 1 is 1.19 bits per heavy atom. The summed E-state index contributed by atoms with van der Waals surface area (Å²) in [6, 6.07) is 6.94. The van der Waals surface area contributed by atoms with Gasteiger partial charge in [0.2, 0.25) is 0 Å². The maximum atomic E-state index is 8.81. The molecule has 0 bridgehead atoms. The van der Waals surface area contributed by atoms with Crippen LogP contribution in [-0.2, 0) is 4.79 Å². The zero-order valence-electron chi connectivity index (χ0n) is 15.2. The number of nitrogens with zero attached hydrogens (tertiary/aromatic N) is 2. The lowest BCUT2D eigenvalue weighted by atomic mass is 10.1. The van der Waals surface area contributed by atoms with E-state index in [-0.39, 0.29) is 0 Å². The third kappa shape index (κ3) is 4.27. The van der Waals surface area contributed by atoms with Gasteiger partial charge in [-0.3, -0.25) is 0 Å². The van der Waals surface area contributed by atoms with Gasteiger partial charge in [0.05, 0.1) is 10.3 Å². The fourth-order valence-corrected chi connectivity index (χ4v) is 3.37. The highest BCUT2D eigenvalue weighted by atomic mass is 32.1. The van der Waals surface area contributed by atoms with Crippen molar-refractivity contribution >= 4 is 33.7 Å². The molecule has 26 heavy (non-hydrogen) atoms. The summed E-state index contributed by atoms with van der Waals surface area (Å²) in [6.45, 7) is 5.63. The van der Waals surface area contributed by atoms with Crippen molar-refractivity contribution in [3.63, 3.8) is 0 Å². The Bertz CT molecular complexity index is 993. The van der Waals surface area contributed by atoms with Gasteiger partial charge in [0, 0.05) is 17.0 Å². The number of aldehydes is 1. The van der Waals surface area contributed by atoms with Gasteiger partial charge in [0.15, 0.2) is 0 Å². The molecule has 0 aliphatic heterocycles. The molecule has 4 rings (SSSR count). The molecule has 1 saturated carbocycles. The molecule has 3 aromatic rings. The summed E-state index contributed by atoms with van der Waals surface area (Å²) in [4.78, 5) is 17.6. The molecule has 0 spiro atoms. The summed E-state index contributed by atoms with van der Waals surface area (Å²) in [5, 5.41) is 5.55. The molecule has 1 fully saturated rings. The minimum Gasteiger partial charge on any atom is -0.366 e. The number of carbonyl (C=O) groups is 1. The molecule has 132 valence electrons. The highest BCUT2D eigenvalue weighted by Gasteiger charge is 2.22. The first kappa shape index (κ1) is 18.1. The van der Waals surface area contributed by atoms with Crippen molar-refractivity contribution in [1.82, 2.24) is 9.97 Å². The van der Waals surface area contributed by atoms with E-state index in [1.807, 2.05) is 0 Å². The molecular weight excluding hydrogens is 342 g/mol. The van der Waals surface area contributed by atoms with Crippen molar-refractivity contribution in [2.75, 3.05) is 5.32 Å². The van der Waals surface area contributed by atoms with Crippen LogP contribution < -0.4 is 5.32 Å². The number of carbonyl (C=O) groups excluding carboxylic acids is 1. The number of nitrogens with one attached hydrogen (secondary N) is 1. The molecule has 4 nitrogen and oxygen atoms in total. The van der Waals surface area contributed by atoms with Crippen molar-refractivity contribution < 1.29 is 4.79 Å². The lowest BCUT2D eigenvalue weighted by Gasteiger charge is -2.03. The first-order valence-electron chi connectivity index (χ1n) is 8.60. The minimum absolute atomic E-state index is 0.583. The average Bonchev–Trinajstić information content (AvgIpc) is 3.34. The predicted octanol–water partition coefficient (Wildman–Crippen LogP) is 4.49. The van der Waals surface area contributed by atoms with Gasteiger partial charge in [-0.05, 0) is 50.8 Å². The van der Waals surface area contributed by atoms with E-state index in [0.29, 0.717) is 6.04 Å². The van der Waals surface area contributed by atoms with Gasteiger partial charge in [0.25, 0.3) is 0 Å². The topological polar surface area (TPSA) is 54.9 Å². The van der Waals surface area contributed by atoms with Crippen LogP contribution in [0, 0.1) is 25.7 Å². The fourth-order valence-electron chi connectivity index (χ4n) is 2.47. The second-order valence-corrected chi connectivity index (χ2v) is 7.15. The molecule has 2 aromatic heterocycles. The van der Waals surface area contributed by atoms with Crippen LogP contribution in [0.25, 0.3) is 10.2 Å². The van der Waals surface area contributed by atoms with Crippen molar-refractivity contribution in [3.8, 4) is 11.8 Å². The Morgan fingerprint density at radius 2 is 1.92 bits per heavy atom. The first-order valence-corrected chi connectivity index (χ1v) is 9.48. The monoisotopic (exact) mass is 363 g/mol. The molecule has 0 radical (unpaired) electrons. The van der Waals surface area contributed by atoms with Crippen LogP contribution in [-0.4, -0.2) is 22.3 Å². The van der Waals surface area contributed by atoms with Crippen LogP contribution in [0.1, 0.15) is 42.0 Å². The normalized spacial score (nSPS) is 12.6. The van der Waals surface area contributed by atoms with Gasteiger partial charge in [-0.1, -0.05) is 24.0 Å². The predicted molar refractivity (Wildman–Crippen MR) is 108 cm³/mol. The summed E-state index contributed by atoms with van der Waals surface area (Å²) in [6.07, 6.45) is 4.84. The minimum atomic E-state index is 0.583. The Hall–Kier alpha value is -2.71. The van der Waals surface area contributed by atoms with Crippen molar-refractivity contribution in [3.05, 3.63) is 52.2 Å². The zero-order valence-corrected chi connectivity index (χ0v) is 16.0. The van der Waals surface area contributed by atoms with Crippen molar-refractivity contribution in [2.45, 2.75) is 39.7 Å². The third-order valence-corrected chi connectivity index (χ3v) is 4.97. The van der Waals surface area contributed by atoms with Crippen LogP contribution in [0.15, 0.2) is 29.9 Å². The van der Waals surface area contributed by atoms with E-state index in [1.165, 1.54) is 30.9 Å². The second-order valence-electron chi connectivity index (χ2n) is 6.27. The SMILES string of the molecule is CC=O.Cc1ccc(C)c(C#Cc2csc3c(NC4CC4)ncnc23)c1. The Kier molecular flexibility index (Phi) is 5.65. The van der Waals surface area contributed by atoms with E-state index < -0.39 is 0 Å². The van der Waals surface area contributed by atoms with Gasteiger partial charge < -0.3 is 10.1 Å². The highest BCUT2D eigenvalue weighted by Crippen LogP contribution is 2.32. The van der Waals surface area contributed by atoms with E-state index in [1.54, 1.807) is 17.7 Å². The maximum absolute atomic E-state index is 8.81. The molecular formula is C21H21N3OS. The van der Waals surface area contributed by atoms with Crippen LogP contribution in [0.3, 0.4) is 0 Å². The standard InChI is InChI=1S/C19H17N3S.C2H4O/c1-12-3-4-13(2)14(9-12)5-6-15-10-23-18-17(15)20-11-21-19(18)22-16-7-8-16;1-2-3/h3-4,9-11,16H,7-8H2,1-2H3,(H,20,21,22);2H,1H3. The molecule has 5 heteroatoms. The molecule has 0 unspecified atom stereocenters. The molecule has 1 N–H and O–H groups in total.